The van der Waals surface area contributed by atoms with Crippen LogP contribution < -0.4 is 0 Å². The van der Waals surface area contributed by atoms with E-state index in [1.165, 1.54) is 4.88 Å². The number of benzene rings is 1. The summed E-state index contributed by atoms with van der Waals surface area (Å²) in [6, 6.07) is 5.77. The van der Waals surface area contributed by atoms with Gasteiger partial charge in [0.25, 0.3) is 0 Å². The lowest BCUT2D eigenvalue weighted by Gasteiger charge is -2.02. The first kappa shape index (κ1) is 12.8. The first-order chi connectivity index (χ1) is 9.19. The predicted octanol–water partition coefficient (Wildman–Crippen LogP) is 4.42. The Kier molecular flexibility index (Phi) is 3.43. The number of para-hydroxylation sites is 1. The molecule has 98 valence electrons. The Morgan fingerprint density at radius 2 is 2.32 bits per heavy atom. The maximum Gasteiger partial charge on any atom is 0.178 e. The van der Waals surface area contributed by atoms with E-state index in [0.29, 0.717) is 16.3 Å². The normalized spacial score (nSPS) is 11.3. The van der Waals surface area contributed by atoms with E-state index >= 15 is 0 Å². The quantitative estimate of drug-likeness (QED) is 0.727. The van der Waals surface area contributed by atoms with E-state index in [4.69, 9.17) is 23.8 Å². The summed E-state index contributed by atoms with van der Waals surface area (Å²) in [5.41, 5.74) is 1.91. The lowest BCUT2D eigenvalue weighted by molar-refractivity contribution is 0.803. The number of nitrogens with one attached hydrogen (secondary N) is 1. The third kappa shape index (κ3) is 2.33. The second-order valence-corrected chi connectivity index (χ2v) is 6.22. The summed E-state index contributed by atoms with van der Waals surface area (Å²) in [7, 11) is 0. The largest absolute Gasteiger partial charge is 0.331 e. The minimum atomic E-state index is 0.660. The molecule has 0 spiro atoms. The second kappa shape index (κ2) is 5.07. The predicted molar refractivity (Wildman–Crippen MR) is 82.7 cm³/mol. The van der Waals surface area contributed by atoms with Crippen molar-refractivity contribution in [2.75, 3.05) is 0 Å². The zero-order valence-corrected chi connectivity index (χ0v) is 12.7. The van der Waals surface area contributed by atoms with Gasteiger partial charge in [0.15, 0.2) is 4.77 Å². The number of rotatable bonds is 3. The summed E-state index contributed by atoms with van der Waals surface area (Å²) >= 11 is 13.4. The van der Waals surface area contributed by atoms with Gasteiger partial charge in [-0.25, -0.2) is 4.98 Å². The highest BCUT2D eigenvalue weighted by Gasteiger charge is 2.10. The molecule has 0 unspecified atom stereocenters. The highest BCUT2D eigenvalue weighted by atomic mass is 35.5. The number of aryl methyl sites for hydroxylation is 1. The van der Waals surface area contributed by atoms with Crippen LogP contribution in [0.25, 0.3) is 11.0 Å². The Morgan fingerprint density at radius 1 is 1.47 bits per heavy atom. The van der Waals surface area contributed by atoms with Crippen molar-refractivity contribution in [3.63, 3.8) is 0 Å². The monoisotopic (exact) mass is 309 g/mol. The molecule has 2 aromatic heterocycles. The van der Waals surface area contributed by atoms with Gasteiger partial charge in [-0.1, -0.05) is 24.6 Å². The van der Waals surface area contributed by atoms with E-state index in [1.54, 1.807) is 11.3 Å². The smallest absolute Gasteiger partial charge is 0.178 e. The number of aromatic amines is 1. The van der Waals surface area contributed by atoms with Crippen molar-refractivity contribution in [1.82, 2.24) is 14.5 Å². The molecule has 0 fully saturated rings. The fourth-order valence-electron chi connectivity index (χ4n) is 2.05. The highest BCUT2D eigenvalue weighted by molar-refractivity contribution is 7.71. The van der Waals surface area contributed by atoms with Crippen LogP contribution in [0.2, 0.25) is 5.02 Å². The first-order valence-electron chi connectivity index (χ1n) is 5.99. The third-order valence-electron chi connectivity index (χ3n) is 2.99. The van der Waals surface area contributed by atoms with Gasteiger partial charge in [-0.05, 0) is 30.8 Å². The van der Waals surface area contributed by atoms with Gasteiger partial charge < -0.3 is 9.55 Å². The Bertz CT molecular complexity index is 785. The van der Waals surface area contributed by atoms with Crippen molar-refractivity contribution in [2.45, 2.75) is 19.9 Å². The molecule has 6 heteroatoms. The number of H-pyrrole nitrogens is 1. The SMILES string of the molecule is CCc1cnc(Cn2c(=S)[nH]c3cccc(Cl)c32)s1. The number of imidazole rings is 1. The van der Waals surface area contributed by atoms with E-state index in [-0.39, 0.29) is 0 Å². The number of thiazole rings is 1. The molecule has 0 amide bonds. The molecule has 0 saturated heterocycles. The van der Waals surface area contributed by atoms with Crippen LogP contribution in [-0.2, 0) is 13.0 Å². The average molecular weight is 310 g/mol. The van der Waals surface area contributed by atoms with E-state index in [2.05, 4.69) is 16.9 Å². The van der Waals surface area contributed by atoms with Gasteiger partial charge in [0, 0.05) is 11.1 Å². The molecule has 0 aliphatic rings. The van der Waals surface area contributed by atoms with Gasteiger partial charge in [0.1, 0.15) is 5.01 Å². The fraction of sp³-hybridized carbons (Fsp3) is 0.231. The highest BCUT2D eigenvalue weighted by Crippen LogP contribution is 2.25. The fourth-order valence-corrected chi connectivity index (χ4v) is 3.44. The number of halogens is 1. The molecule has 3 aromatic rings. The molecular formula is C13H12ClN3S2. The Balaban J connectivity index is 2.09. The van der Waals surface area contributed by atoms with Crippen molar-refractivity contribution < 1.29 is 0 Å². The molecule has 3 rings (SSSR count). The van der Waals surface area contributed by atoms with E-state index in [1.807, 2.05) is 29.0 Å². The van der Waals surface area contributed by atoms with Crippen molar-refractivity contribution in [2.24, 2.45) is 0 Å². The molecule has 2 heterocycles. The number of aromatic nitrogens is 3. The van der Waals surface area contributed by atoms with Gasteiger partial charge in [0.05, 0.1) is 22.6 Å². The molecule has 0 bridgehead atoms. The maximum absolute atomic E-state index is 6.27. The van der Waals surface area contributed by atoms with Crippen LogP contribution in [0.15, 0.2) is 24.4 Å². The van der Waals surface area contributed by atoms with Crippen LogP contribution in [0.3, 0.4) is 0 Å². The van der Waals surface area contributed by atoms with Crippen molar-refractivity contribution in [3.8, 4) is 0 Å². The summed E-state index contributed by atoms with van der Waals surface area (Å²) in [6.45, 7) is 2.79. The Hall–Kier alpha value is -1.17. The van der Waals surface area contributed by atoms with Gasteiger partial charge in [-0.2, -0.15) is 0 Å². The van der Waals surface area contributed by atoms with Crippen LogP contribution >= 0.6 is 35.2 Å². The summed E-state index contributed by atoms with van der Waals surface area (Å²) < 4.78 is 2.68. The molecule has 0 radical (unpaired) electrons. The van der Waals surface area contributed by atoms with Crippen LogP contribution in [0.1, 0.15) is 16.8 Å². The van der Waals surface area contributed by atoms with Crippen molar-refractivity contribution in [1.29, 1.82) is 0 Å². The molecule has 3 nitrogen and oxygen atoms in total. The van der Waals surface area contributed by atoms with E-state index < -0.39 is 0 Å². The van der Waals surface area contributed by atoms with Crippen LogP contribution in [0, 0.1) is 4.77 Å². The third-order valence-corrected chi connectivity index (χ3v) is 4.74. The average Bonchev–Trinajstić information content (AvgIpc) is 2.96. The van der Waals surface area contributed by atoms with Gasteiger partial charge in [0.2, 0.25) is 0 Å². The number of hydrogen-bond acceptors (Lipinski definition) is 3. The van der Waals surface area contributed by atoms with Crippen LogP contribution in [-0.4, -0.2) is 14.5 Å². The topological polar surface area (TPSA) is 33.6 Å². The molecule has 0 saturated carbocycles. The first-order valence-corrected chi connectivity index (χ1v) is 7.60. The van der Waals surface area contributed by atoms with E-state index in [9.17, 15) is 0 Å². The molecule has 19 heavy (non-hydrogen) atoms. The van der Waals surface area contributed by atoms with Gasteiger partial charge in [-0.3, -0.25) is 0 Å². The summed E-state index contributed by atoms with van der Waals surface area (Å²) in [5.74, 6) is 0. The van der Waals surface area contributed by atoms with Gasteiger partial charge in [-0.15, -0.1) is 11.3 Å². The van der Waals surface area contributed by atoms with Crippen molar-refractivity contribution in [3.05, 3.63) is 44.1 Å². The molecule has 1 N–H and O–H groups in total. The number of nitrogens with zero attached hydrogens (tertiary/aromatic N) is 2. The molecule has 0 atom stereocenters. The van der Waals surface area contributed by atoms with Crippen molar-refractivity contribution >= 4 is 46.2 Å². The van der Waals surface area contributed by atoms with Gasteiger partial charge >= 0.3 is 0 Å². The standard InChI is InChI=1S/C13H12ClN3S2/c1-2-8-6-15-11(19-8)7-17-12-9(14)4-3-5-10(12)16-13(17)18/h3-6H,2,7H2,1H3,(H,16,18). The Morgan fingerprint density at radius 3 is 3.05 bits per heavy atom. The maximum atomic E-state index is 6.27. The molecule has 0 aliphatic heterocycles. The molecule has 0 aliphatic carbocycles. The lowest BCUT2D eigenvalue weighted by atomic mass is 10.3. The summed E-state index contributed by atoms with van der Waals surface area (Å²) in [6.07, 6.45) is 2.94. The minimum Gasteiger partial charge on any atom is -0.331 e. The number of hydrogen-bond donors (Lipinski definition) is 1. The van der Waals surface area contributed by atoms with Crippen LogP contribution in [0.4, 0.5) is 0 Å². The molecule has 1 aromatic carbocycles. The second-order valence-electron chi connectivity index (χ2n) is 4.23. The zero-order valence-electron chi connectivity index (χ0n) is 10.3. The zero-order chi connectivity index (χ0) is 13.4. The summed E-state index contributed by atoms with van der Waals surface area (Å²) in [5, 5.41) is 1.76. The lowest BCUT2D eigenvalue weighted by Crippen LogP contribution is -1.99. The Labute approximate surface area is 124 Å². The number of fused-ring (bicyclic) bond motifs is 1. The minimum absolute atomic E-state index is 0.660. The van der Waals surface area contributed by atoms with Crippen LogP contribution in [0.5, 0.6) is 0 Å². The van der Waals surface area contributed by atoms with E-state index in [0.717, 1.165) is 22.5 Å². The molecular weight excluding hydrogens is 298 g/mol. The summed E-state index contributed by atoms with van der Waals surface area (Å²) in [4.78, 5) is 8.90.